The van der Waals surface area contributed by atoms with Crippen molar-refractivity contribution in [2.45, 2.75) is 6.42 Å². The molecule has 1 aliphatic heterocycles. The molecule has 0 saturated carbocycles. The van der Waals surface area contributed by atoms with Gasteiger partial charge in [0, 0.05) is 5.29 Å². The molecule has 0 aromatic rings. The summed E-state index contributed by atoms with van der Waals surface area (Å²) >= 11 is 0. The molecule has 0 saturated heterocycles. The highest BCUT2D eigenvalue weighted by Gasteiger charge is 1.85. The first-order valence-corrected chi connectivity index (χ1v) is 2.67. The second-order valence-corrected chi connectivity index (χ2v) is 1.44. The van der Waals surface area contributed by atoms with Crippen molar-refractivity contribution in [3.05, 3.63) is 17.1 Å². The highest BCUT2D eigenvalue weighted by molar-refractivity contribution is 4.84. The summed E-state index contributed by atoms with van der Waals surface area (Å²) < 4.78 is 4.98. The first-order chi connectivity index (χ1) is 4.41. The molecule has 0 aromatic heterocycles. The first kappa shape index (κ1) is 8.10. The van der Waals surface area contributed by atoms with E-state index in [1.54, 1.807) is 5.29 Å². The van der Waals surface area contributed by atoms with Crippen molar-refractivity contribution < 1.29 is 4.74 Å². The van der Waals surface area contributed by atoms with Crippen LogP contribution >= 0.6 is 0 Å². The van der Waals surface area contributed by atoms with Crippen molar-refractivity contribution >= 4 is 0 Å². The largest absolute Gasteiger partial charge is 0.377 e. The van der Waals surface area contributed by atoms with Crippen LogP contribution in [0.3, 0.4) is 0 Å². The molecule has 0 spiro atoms. The lowest BCUT2D eigenvalue weighted by Crippen LogP contribution is -1.96. The van der Waals surface area contributed by atoms with E-state index in [4.69, 9.17) is 9.64 Å². The summed E-state index contributed by atoms with van der Waals surface area (Å²) in [6.07, 6.45) is 5.28. The fraction of sp³-hybridized carbons (Fsp3) is 0.600. The van der Waals surface area contributed by atoms with Crippen molar-refractivity contribution in [2.24, 2.45) is 11.1 Å². The highest BCUT2D eigenvalue weighted by Crippen LogP contribution is 1.91. The van der Waals surface area contributed by atoms with Gasteiger partial charge in [-0.2, -0.15) is 0 Å². The normalized spacial score (nSPS) is 15.6. The highest BCUT2D eigenvalue weighted by atomic mass is 16.5. The molecule has 52 valence electrons. The van der Waals surface area contributed by atoms with Gasteiger partial charge in [-0.05, 0) is 6.42 Å². The molecule has 4 nitrogen and oxygen atoms in total. The van der Waals surface area contributed by atoms with E-state index in [1.165, 1.54) is 0 Å². The smallest absolute Gasteiger partial charge is 0.0647 e. The predicted molar refractivity (Wildman–Crippen MR) is 34.6 cm³/mol. The van der Waals surface area contributed by atoms with Gasteiger partial charge in [-0.1, -0.05) is 12.2 Å². The minimum atomic E-state index is 0.819. The molecule has 0 unspecified atom stereocenters. The van der Waals surface area contributed by atoms with Crippen molar-refractivity contribution in [3.8, 4) is 0 Å². The van der Waals surface area contributed by atoms with E-state index in [1.807, 2.05) is 6.08 Å². The lowest BCUT2D eigenvalue weighted by molar-refractivity contribution is 0.158. The fourth-order valence-corrected chi connectivity index (χ4v) is 0.489. The van der Waals surface area contributed by atoms with E-state index in [2.05, 4.69) is 11.9 Å². The van der Waals surface area contributed by atoms with Gasteiger partial charge in [-0.3, -0.25) is 5.84 Å². The van der Waals surface area contributed by atoms with E-state index in [0.29, 0.717) is 0 Å². The molecule has 0 aliphatic carbocycles. The van der Waals surface area contributed by atoms with Crippen molar-refractivity contribution in [2.75, 3.05) is 13.2 Å². The summed E-state index contributed by atoms with van der Waals surface area (Å²) in [7, 11) is 0. The monoisotopic (exact) mass is 130 g/mol. The Morgan fingerprint density at radius 3 is 2.33 bits per heavy atom. The van der Waals surface area contributed by atoms with Gasteiger partial charge in [-0.25, -0.2) is 0 Å². The molecule has 1 rings (SSSR count). The molecule has 0 bridgehead atoms. The third-order valence-corrected chi connectivity index (χ3v) is 0.810. The molecule has 0 fully saturated rings. The van der Waals surface area contributed by atoms with Crippen LogP contribution in [0.4, 0.5) is 0 Å². The molecule has 0 amide bonds. The molecule has 4 heteroatoms. The minimum Gasteiger partial charge on any atom is -0.377 e. The maximum absolute atomic E-state index is 8.33. The van der Waals surface area contributed by atoms with Crippen molar-refractivity contribution in [1.82, 2.24) is 0 Å². The number of nitroso groups, excluding NO2 is 1. The topological polar surface area (TPSA) is 64.7 Å². The van der Waals surface area contributed by atoms with Gasteiger partial charge in [0.25, 0.3) is 0 Å². The Bertz CT molecular complexity index is 85.0. The predicted octanol–water partition coefficient (Wildman–Crippen LogP) is 0.589. The van der Waals surface area contributed by atoms with E-state index in [0.717, 1.165) is 19.6 Å². The van der Waals surface area contributed by atoms with E-state index < -0.39 is 0 Å². The van der Waals surface area contributed by atoms with Crippen molar-refractivity contribution in [3.63, 3.8) is 0 Å². The van der Waals surface area contributed by atoms with E-state index >= 15 is 0 Å². The van der Waals surface area contributed by atoms with Crippen molar-refractivity contribution in [1.29, 1.82) is 0 Å². The summed E-state index contributed by atoms with van der Waals surface area (Å²) in [5, 5.41) is 1.75. The summed E-state index contributed by atoms with van der Waals surface area (Å²) in [5.41, 5.74) is 0. The molecule has 0 radical (unpaired) electrons. The second-order valence-electron chi connectivity index (χ2n) is 1.44. The Hall–Kier alpha value is -0.900. The Morgan fingerprint density at radius 2 is 2.22 bits per heavy atom. The third kappa shape index (κ3) is 7.10. The zero-order valence-corrected chi connectivity index (χ0v) is 5.12. The Kier molecular flexibility index (Phi) is 6.39. The quantitative estimate of drug-likeness (QED) is 0.226. The van der Waals surface area contributed by atoms with Crippen LogP contribution in [-0.2, 0) is 4.74 Å². The molecule has 1 heterocycles. The zero-order valence-electron chi connectivity index (χ0n) is 5.12. The third-order valence-electron chi connectivity index (χ3n) is 0.810. The van der Waals surface area contributed by atoms with Gasteiger partial charge in [-0.15, -0.1) is 4.91 Å². The average molecular weight is 130 g/mol. The van der Waals surface area contributed by atoms with Gasteiger partial charge in [0.2, 0.25) is 0 Å². The van der Waals surface area contributed by atoms with E-state index in [-0.39, 0.29) is 0 Å². The second kappa shape index (κ2) is 7.10. The molecule has 2 N–H and O–H groups in total. The average Bonchev–Trinajstić information content (AvgIpc) is 1.93. The summed E-state index contributed by atoms with van der Waals surface area (Å²) in [5.74, 6) is 3.92. The molecule has 1 aliphatic rings. The number of ether oxygens (including phenoxy) is 1. The first-order valence-electron chi connectivity index (χ1n) is 2.67. The van der Waals surface area contributed by atoms with Crippen LogP contribution in [0.25, 0.3) is 0 Å². The van der Waals surface area contributed by atoms with Crippen LogP contribution in [-0.4, -0.2) is 13.2 Å². The molecular formula is C5H10N2O2. The molecule has 0 atom stereocenters. The van der Waals surface area contributed by atoms with Crippen LogP contribution in [0, 0.1) is 4.91 Å². The summed E-state index contributed by atoms with van der Waals surface area (Å²) in [6.45, 7) is 1.73. The number of hydrogen-bond acceptors (Lipinski definition) is 3. The fourth-order valence-electron chi connectivity index (χ4n) is 0.489. The number of nitrogens with zero attached hydrogens (tertiary/aromatic N) is 1. The molecule has 9 heavy (non-hydrogen) atoms. The zero-order chi connectivity index (χ0) is 6.95. The van der Waals surface area contributed by atoms with Gasteiger partial charge in [0.05, 0.1) is 13.2 Å². The van der Waals surface area contributed by atoms with Gasteiger partial charge < -0.3 is 4.74 Å². The number of hydrogen-bond donors (Lipinski definition) is 1. The Morgan fingerprint density at radius 1 is 1.56 bits per heavy atom. The molecule has 0 aromatic carbocycles. The standard InChI is InChI=1S/C5H8O.H2N2O/c1-2-4-6-5-3-1;1-2-3/h1-2H,3-5H2;(H2,1,3). The molecular weight excluding hydrogens is 120 g/mol. The summed E-state index contributed by atoms with van der Waals surface area (Å²) in [6, 6.07) is 0. The Labute approximate surface area is 53.6 Å². The van der Waals surface area contributed by atoms with Crippen LogP contribution in [0.1, 0.15) is 6.42 Å². The lowest BCUT2D eigenvalue weighted by atomic mass is 10.3. The lowest BCUT2D eigenvalue weighted by Gasteiger charge is -2.00. The van der Waals surface area contributed by atoms with Gasteiger partial charge >= 0.3 is 0 Å². The van der Waals surface area contributed by atoms with Gasteiger partial charge in [0.15, 0.2) is 0 Å². The summed E-state index contributed by atoms with van der Waals surface area (Å²) in [4.78, 5) is 8.33. The van der Waals surface area contributed by atoms with Crippen LogP contribution in [0.15, 0.2) is 17.4 Å². The minimum absolute atomic E-state index is 0.819. The van der Waals surface area contributed by atoms with Crippen LogP contribution in [0.2, 0.25) is 0 Å². The number of rotatable bonds is 0. The van der Waals surface area contributed by atoms with Crippen LogP contribution < -0.4 is 5.84 Å². The maximum Gasteiger partial charge on any atom is 0.0647 e. The maximum atomic E-state index is 8.33. The SMILES string of the molecule is C1=CCOCC1.NN=O. The van der Waals surface area contributed by atoms with Crippen LogP contribution in [0.5, 0.6) is 0 Å². The van der Waals surface area contributed by atoms with Gasteiger partial charge in [0.1, 0.15) is 0 Å². The number of nitrogens with two attached hydrogens (primary N) is 1. The Balaban J connectivity index is 0.000000187. The van der Waals surface area contributed by atoms with E-state index in [9.17, 15) is 0 Å².